The summed E-state index contributed by atoms with van der Waals surface area (Å²) in [6.45, 7) is 9.03. The zero-order chi connectivity index (χ0) is 14.3. The Bertz CT molecular complexity index is 604. The van der Waals surface area contributed by atoms with E-state index >= 15 is 0 Å². The van der Waals surface area contributed by atoms with Crippen LogP contribution in [0.2, 0.25) is 0 Å². The van der Waals surface area contributed by atoms with Gasteiger partial charge in [0.05, 0.1) is 11.0 Å². The summed E-state index contributed by atoms with van der Waals surface area (Å²) in [5, 5.41) is 0. The zero-order valence-electron chi connectivity index (χ0n) is 13.1. The molecular formula is C17H25N3. The lowest BCUT2D eigenvalue weighted by Crippen LogP contribution is -2.31. The molecular weight excluding hydrogens is 246 g/mol. The van der Waals surface area contributed by atoms with E-state index in [-0.39, 0.29) is 0 Å². The SMILES string of the molecule is Cc1nc2ccc(C(C)C)cc2n1C1CCN(C)CC1. The molecule has 1 aromatic carbocycles. The Morgan fingerprint density at radius 1 is 1.20 bits per heavy atom. The van der Waals surface area contributed by atoms with E-state index < -0.39 is 0 Å². The molecule has 0 saturated carbocycles. The maximum Gasteiger partial charge on any atom is 0.106 e. The van der Waals surface area contributed by atoms with Gasteiger partial charge < -0.3 is 9.47 Å². The van der Waals surface area contributed by atoms with Gasteiger partial charge in [0.15, 0.2) is 0 Å². The highest BCUT2D eigenvalue weighted by atomic mass is 15.2. The van der Waals surface area contributed by atoms with E-state index in [0.29, 0.717) is 12.0 Å². The van der Waals surface area contributed by atoms with Crippen molar-refractivity contribution in [3.05, 3.63) is 29.6 Å². The number of nitrogens with zero attached hydrogens (tertiary/aromatic N) is 3. The van der Waals surface area contributed by atoms with Crippen LogP contribution in [-0.4, -0.2) is 34.6 Å². The molecule has 3 rings (SSSR count). The molecule has 0 aliphatic carbocycles. The smallest absolute Gasteiger partial charge is 0.106 e. The summed E-state index contributed by atoms with van der Waals surface area (Å²) in [6.07, 6.45) is 2.46. The van der Waals surface area contributed by atoms with Gasteiger partial charge in [0, 0.05) is 6.04 Å². The molecule has 0 spiro atoms. The summed E-state index contributed by atoms with van der Waals surface area (Å²) in [4.78, 5) is 7.18. The van der Waals surface area contributed by atoms with Crippen LogP contribution in [0.15, 0.2) is 18.2 Å². The molecule has 2 heterocycles. The van der Waals surface area contributed by atoms with Crippen LogP contribution in [0, 0.1) is 6.92 Å². The third kappa shape index (κ3) is 2.35. The van der Waals surface area contributed by atoms with Gasteiger partial charge in [0.2, 0.25) is 0 Å². The van der Waals surface area contributed by atoms with Gasteiger partial charge in [-0.3, -0.25) is 0 Å². The number of imidazole rings is 1. The number of piperidine rings is 1. The average molecular weight is 271 g/mol. The highest BCUT2D eigenvalue weighted by Crippen LogP contribution is 2.30. The molecule has 0 N–H and O–H groups in total. The van der Waals surface area contributed by atoms with Crippen molar-refractivity contribution >= 4 is 11.0 Å². The summed E-state index contributed by atoms with van der Waals surface area (Å²) in [6, 6.07) is 7.36. The fourth-order valence-electron chi connectivity index (χ4n) is 3.30. The van der Waals surface area contributed by atoms with Gasteiger partial charge >= 0.3 is 0 Å². The van der Waals surface area contributed by atoms with Crippen molar-refractivity contribution in [3.63, 3.8) is 0 Å². The molecule has 1 saturated heterocycles. The molecule has 0 radical (unpaired) electrons. The predicted molar refractivity (Wildman–Crippen MR) is 84.3 cm³/mol. The molecule has 1 aliphatic rings. The Balaban J connectivity index is 2.04. The van der Waals surface area contributed by atoms with Crippen LogP contribution >= 0.6 is 0 Å². The minimum atomic E-state index is 0.570. The number of benzene rings is 1. The number of aryl methyl sites for hydroxylation is 1. The lowest BCUT2D eigenvalue weighted by atomic mass is 10.0. The van der Waals surface area contributed by atoms with E-state index in [9.17, 15) is 0 Å². The molecule has 3 heteroatoms. The third-order valence-electron chi connectivity index (χ3n) is 4.61. The normalized spacial score (nSPS) is 18.2. The number of hydrogen-bond donors (Lipinski definition) is 0. The third-order valence-corrected chi connectivity index (χ3v) is 4.61. The number of fused-ring (bicyclic) bond motifs is 1. The second-order valence-electron chi connectivity index (χ2n) is 6.47. The van der Waals surface area contributed by atoms with Crippen molar-refractivity contribution in [2.45, 2.75) is 45.6 Å². The van der Waals surface area contributed by atoms with Crippen LogP contribution in [-0.2, 0) is 0 Å². The van der Waals surface area contributed by atoms with Crippen LogP contribution < -0.4 is 0 Å². The van der Waals surface area contributed by atoms with Gasteiger partial charge in [-0.05, 0) is 63.5 Å². The first-order chi connectivity index (χ1) is 9.56. The minimum Gasteiger partial charge on any atom is -0.325 e. The van der Waals surface area contributed by atoms with Crippen molar-refractivity contribution in [2.24, 2.45) is 0 Å². The van der Waals surface area contributed by atoms with Gasteiger partial charge in [0.1, 0.15) is 5.82 Å². The molecule has 1 fully saturated rings. The topological polar surface area (TPSA) is 21.1 Å². The highest BCUT2D eigenvalue weighted by Gasteiger charge is 2.22. The van der Waals surface area contributed by atoms with Crippen LogP contribution in [0.25, 0.3) is 11.0 Å². The summed E-state index contributed by atoms with van der Waals surface area (Å²) in [7, 11) is 2.21. The van der Waals surface area contributed by atoms with Crippen molar-refractivity contribution in [1.29, 1.82) is 0 Å². The highest BCUT2D eigenvalue weighted by molar-refractivity contribution is 5.77. The summed E-state index contributed by atoms with van der Waals surface area (Å²) >= 11 is 0. The van der Waals surface area contributed by atoms with Crippen molar-refractivity contribution in [2.75, 3.05) is 20.1 Å². The van der Waals surface area contributed by atoms with E-state index in [2.05, 4.69) is 55.5 Å². The summed E-state index contributed by atoms with van der Waals surface area (Å²) < 4.78 is 2.48. The fourth-order valence-corrected chi connectivity index (χ4v) is 3.30. The molecule has 20 heavy (non-hydrogen) atoms. The fraction of sp³-hybridized carbons (Fsp3) is 0.588. The zero-order valence-corrected chi connectivity index (χ0v) is 13.1. The average Bonchev–Trinajstić information content (AvgIpc) is 2.75. The van der Waals surface area contributed by atoms with Crippen LogP contribution in [0.5, 0.6) is 0 Å². The minimum absolute atomic E-state index is 0.570. The quantitative estimate of drug-likeness (QED) is 0.829. The number of hydrogen-bond acceptors (Lipinski definition) is 2. The largest absolute Gasteiger partial charge is 0.325 e. The van der Waals surface area contributed by atoms with Crippen molar-refractivity contribution in [3.8, 4) is 0 Å². The summed E-state index contributed by atoms with van der Waals surface area (Å²) in [5.41, 5.74) is 3.88. The molecule has 1 aromatic heterocycles. The van der Waals surface area contributed by atoms with E-state index in [1.54, 1.807) is 0 Å². The Morgan fingerprint density at radius 2 is 1.90 bits per heavy atom. The standard InChI is InChI=1S/C17H25N3/c1-12(2)14-5-6-16-17(11-14)20(13(3)18-16)15-7-9-19(4)10-8-15/h5-6,11-12,15H,7-10H2,1-4H3. The van der Waals surface area contributed by atoms with Gasteiger partial charge in [0.25, 0.3) is 0 Å². The van der Waals surface area contributed by atoms with Gasteiger partial charge in [-0.15, -0.1) is 0 Å². The Hall–Kier alpha value is -1.35. The lowest BCUT2D eigenvalue weighted by Gasteiger charge is -2.31. The van der Waals surface area contributed by atoms with Crippen LogP contribution in [0.4, 0.5) is 0 Å². The van der Waals surface area contributed by atoms with Crippen LogP contribution in [0.3, 0.4) is 0 Å². The van der Waals surface area contributed by atoms with Crippen molar-refractivity contribution < 1.29 is 0 Å². The van der Waals surface area contributed by atoms with Crippen molar-refractivity contribution in [1.82, 2.24) is 14.5 Å². The predicted octanol–water partition coefficient (Wildman–Crippen LogP) is 3.73. The first-order valence-corrected chi connectivity index (χ1v) is 7.73. The second-order valence-corrected chi connectivity index (χ2v) is 6.47. The molecule has 0 amide bonds. The number of rotatable bonds is 2. The monoisotopic (exact) mass is 271 g/mol. The number of likely N-dealkylation sites (tertiary alicyclic amines) is 1. The molecule has 3 nitrogen and oxygen atoms in total. The summed E-state index contributed by atoms with van der Waals surface area (Å²) in [5.74, 6) is 1.73. The second kappa shape index (κ2) is 5.21. The van der Waals surface area contributed by atoms with E-state index in [1.807, 2.05) is 0 Å². The van der Waals surface area contributed by atoms with E-state index in [1.165, 1.54) is 37.0 Å². The Kier molecular flexibility index (Phi) is 3.55. The molecule has 0 bridgehead atoms. The van der Waals surface area contributed by atoms with Gasteiger partial charge in [-0.2, -0.15) is 0 Å². The number of aromatic nitrogens is 2. The van der Waals surface area contributed by atoms with E-state index in [4.69, 9.17) is 4.98 Å². The first-order valence-electron chi connectivity index (χ1n) is 7.73. The Morgan fingerprint density at radius 3 is 2.55 bits per heavy atom. The molecule has 1 aliphatic heterocycles. The van der Waals surface area contributed by atoms with Gasteiger partial charge in [-0.1, -0.05) is 19.9 Å². The first kappa shape index (κ1) is 13.6. The Labute approximate surface area is 121 Å². The molecule has 2 aromatic rings. The van der Waals surface area contributed by atoms with Gasteiger partial charge in [-0.25, -0.2) is 4.98 Å². The lowest BCUT2D eigenvalue weighted by molar-refractivity contribution is 0.222. The van der Waals surface area contributed by atoms with Crippen LogP contribution in [0.1, 0.15) is 50.0 Å². The molecule has 0 unspecified atom stereocenters. The van der Waals surface area contributed by atoms with E-state index in [0.717, 1.165) is 11.3 Å². The maximum absolute atomic E-state index is 4.76. The molecule has 108 valence electrons. The maximum atomic E-state index is 4.76. The molecule has 0 atom stereocenters.